The van der Waals surface area contributed by atoms with Crippen LogP contribution in [0.25, 0.3) is 0 Å². The Kier molecular flexibility index (Phi) is 81.9. The van der Waals surface area contributed by atoms with Gasteiger partial charge in [-0.25, -0.2) is 9.13 Å². The molecule has 0 bridgehead atoms. The van der Waals surface area contributed by atoms with Crippen LogP contribution < -0.4 is 0 Å². The Labute approximate surface area is 702 Å². The minimum Gasteiger partial charge on any atom is -0.462 e. The first-order valence-electron chi connectivity index (χ1n) is 48.8. The monoisotopic (exact) mass is 1660 g/mol. The van der Waals surface area contributed by atoms with E-state index in [1.54, 1.807) is 0 Å². The molecular formula is C95H186O17P2. The van der Waals surface area contributed by atoms with Gasteiger partial charge in [-0.05, 0) is 49.4 Å². The van der Waals surface area contributed by atoms with Crippen molar-refractivity contribution in [3.63, 3.8) is 0 Å². The summed E-state index contributed by atoms with van der Waals surface area (Å²) in [4.78, 5) is 73.6. The summed E-state index contributed by atoms with van der Waals surface area (Å²) in [5.74, 6) is 1.19. The van der Waals surface area contributed by atoms with Crippen molar-refractivity contribution in [1.29, 1.82) is 0 Å². The van der Waals surface area contributed by atoms with Gasteiger partial charge < -0.3 is 33.8 Å². The Morgan fingerprint density at radius 1 is 0.246 bits per heavy atom. The molecule has 0 rings (SSSR count). The molecule has 0 spiro atoms. The van der Waals surface area contributed by atoms with Crippen LogP contribution >= 0.6 is 15.6 Å². The second-order valence-corrected chi connectivity index (χ2v) is 38.5. The van der Waals surface area contributed by atoms with Crippen molar-refractivity contribution in [1.82, 2.24) is 0 Å². The van der Waals surface area contributed by atoms with E-state index in [1.165, 1.54) is 308 Å². The van der Waals surface area contributed by atoms with Gasteiger partial charge in [-0.3, -0.25) is 37.3 Å². The summed E-state index contributed by atoms with van der Waals surface area (Å²) >= 11 is 0. The zero-order valence-corrected chi connectivity index (χ0v) is 77.5. The van der Waals surface area contributed by atoms with Crippen LogP contribution in [0.2, 0.25) is 0 Å². The third kappa shape index (κ3) is 85.1. The largest absolute Gasteiger partial charge is 0.472 e. The number of phosphoric ester groups is 2. The van der Waals surface area contributed by atoms with Gasteiger partial charge in [0.25, 0.3) is 0 Å². The molecule has 0 aromatic rings. The summed E-state index contributed by atoms with van der Waals surface area (Å²) in [6.07, 6.45) is 76.4. The highest BCUT2D eigenvalue weighted by Gasteiger charge is 2.31. The van der Waals surface area contributed by atoms with Crippen molar-refractivity contribution >= 4 is 39.5 Å². The highest BCUT2D eigenvalue weighted by Crippen LogP contribution is 2.45. The Morgan fingerprint density at radius 3 is 0.623 bits per heavy atom. The molecule has 0 aliphatic rings. The molecule has 7 atom stereocenters. The molecule has 0 aromatic carbocycles. The summed E-state index contributed by atoms with van der Waals surface area (Å²) in [5, 5.41) is 10.7. The predicted octanol–water partition coefficient (Wildman–Crippen LogP) is 29.5. The van der Waals surface area contributed by atoms with Gasteiger partial charge in [-0.1, -0.05) is 453 Å². The number of esters is 4. The summed E-state index contributed by atoms with van der Waals surface area (Å²) in [5.41, 5.74) is 0. The summed E-state index contributed by atoms with van der Waals surface area (Å²) in [6.45, 7) is 14.5. The Bertz CT molecular complexity index is 2200. The molecular weight excluding hydrogens is 1470 g/mol. The number of carbonyl (C=O) groups excluding carboxylic acids is 4. The highest BCUT2D eigenvalue weighted by atomic mass is 31.2. The number of hydrogen-bond donors (Lipinski definition) is 3. The predicted molar refractivity (Wildman–Crippen MR) is 474 cm³/mol. The molecule has 4 unspecified atom stereocenters. The molecule has 0 saturated carbocycles. The first-order valence-corrected chi connectivity index (χ1v) is 51.8. The minimum atomic E-state index is -4.97. The van der Waals surface area contributed by atoms with E-state index in [4.69, 9.17) is 37.0 Å². The van der Waals surface area contributed by atoms with Gasteiger partial charge in [-0.2, -0.15) is 0 Å². The van der Waals surface area contributed by atoms with E-state index in [1.807, 2.05) is 0 Å². The molecule has 0 fully saturated rings. The van der Waals surface area contributed by atoms with Crippen LogP contribution in [0.5, 0.6) is 0 Å². The number of ether oxygens (including phenoxy) is 4. The van der Waals surface area contributed by atoms with Gasteiger partial charge in [0.15, 0.2) is 12.2 Å². The second-order valence-electron chi connectivity index (χ2n) is 35.5. The van der Waals surface area contributed by atoms with Gasteiger partial charge in [-0.15, -0.1) is 0 Å². The Hall–Kier alpha value is -1.94. The van der Waals surface area contributed by atoms with Gasteiger partial charge in [0.1, 0.15) is 19.3 Å². The SMILES string of the molecule is CCC(C)CCCCCCCCCCCCCCCCCCCCC(=O)OC[C@H](COP(=O)(O)OC[C@@H](O)COP(=O)(O)OC[C@@H](COC(=O)CCCCCCCCCCCC(C)C)OC(=O)CCCCCCCCCCCCCCCCCC(C)C)OC(=O)CCCCCCCCCCCCCCCCCCCCC(C)CC. The lowest BCUT2D eigenvalue weighted by Crippen LogP contribution is -2.30. The summed E-state index contributed by atoms with van der Waals surface area (Å²) < 4.78 is 69.2. The van der Waals surface area contributed by atoms with E-state index in [0.29, 0.717) is 25.7 Å². The average Bonchev–Trinajstić information content (AvgIpc) is 0.901. The van der Waals surface area contributed by atoms with Crippen molar-refractivity contribution in [3.05, 3.63) is 0 Å². The number of hydrogen-bond acceptors (Lipinski definition) is 15. The minimum absolute atomic E-state index is 0.107. The maximum absolute atomic E-state index is 13.2. The van der Waals surface area contributed by atoms with Gasteiger partial charge in [0.2, 0.25) is 0 Å². The number of aliphatic hydroxyl groups excluding tert-OH is 1. The number of phosphoric acid groups is 2. The highest BCUT2D eigenvalue weighted by molar-refractivity contribution is 7.47. The van der Waals surface area contributed by atoms with Crippen LogP contribution in [0.4, 0.5) is 0 Å². The van der Waals surface area contributed by atoms with E-state index < -0.39 is 97.5 Å². The normalized spacial score (nSPS) is 14.3. The van der Waals surface area contributed by atoms with Gasteiger partial charge in [0, 0.05) is 25.7 Å². The molecule has 19 heteroatoms. The van der Waals surface area contributed by atoms with Crippen molar-refractivity contribution in [2.75, 3.05) is 39.6 Å². The number of rotatable bonds is 92. The van der Waals surface area contributed by atoms with E-state index >= 15 is 0 Å². The molecule has 17 nitrogen and oxygen atoms in total. The van der Waals surface area contributed by atoms with Crippen LogP contribution in [0.3, 0.4) is 0 Å². The van der Waals surface area contributed by atoms with Crippen LogP contribution in [-0.2, 0) is 65.4 Å². The van der Waals surface area contributed by atoms with E-state index in [-0.39, 0.29) is 25.7 Å². The van der Waals surface area contributed by atoms with Crippen LogP contribution in [0.1, 0.15) is 505 Å². The molecule has 0 aliphatic carbocycles. The van der Waals surface area contributed by atoms with Crippen LogP contribution in [0.15, 0.2) is 0 Å². The molecule has 0 radical (unpaired) electrons. The lowest BCUT2D eigenvalue weighted by atomic mass is 9.99. The number of carbonyl (C=O) groups is 4. The lowest BCUT2D eigenvalue weighted by molar-refractivity contribution is -0.161. The number of aliphatic hydroxyl groups is 1. The maximum Gasteiger partial charge on any atom is 0.472 e. The summed E-state index contributed by atoms with van der Waals surface area (Å²) in [7, 11) is -9.94. The average molecular weight is 1660 g/mol. The molecule has 678 valence electrons. The van der Waals surface area contributed by atoms with Crippen molar-refractivity contribution in [3.8, 4) is 0 Å². The van der Waals surface area contributed by atoms with Crippen molar-refractivity contribution in [2.45, 2.75) is 523 Å². The molecule has 0 aliphatic heterocycles. The van der Waals surface area contributed by atoms with Gasteiger partial charge in [0.05, 0.1) is 26.4 Å². The fourth-order valence-corrected chi connectivity index (χ4v) is 16.4. The Balaban J connectivity index is 5.25. The first-order chi connectivity index (χ1) is 55.2. The summed E-state index contributed by atoms with van der Waals surface area (Å²) in [6, 6.07) is 0. The van der Waals surface area contributed by atoms with E-state index in [0.717, 1.165) is 114 Å². The third-order valence-electron chi connectivity index (χ3n) is 23.0. The standard InChI is InChI=1S/C95H186O17P2/c1-9-87(7)73-65-57-49-41-33-27-21-15-11-13-17-23-29-35-43-51-59-67-75-92(97)105-81-90(111-94(99)77-69-61-53-44-36-30-24-18-14-12-16-22-28-34-42-50-58-66-74-88(8)10-2)83-109-113(101,102)107-79-89(96)80-108-114(103,104)110-84-91(82-106-93(98)76-68-60-52-46-38-40-48-56-64-72-86(5)6)112-95(100)78-70-62-54-45-37-31-25-19-20-26-32-39-47-55-63-71-85(3)4/h85-91,96H,9-84H2,1-8H3,(H,101,102)(H,103,104)/t87?,88?,89-,90-,91-/m1/s1. The second kappa shape index (κ2) is 83.3. The molecule has 0 amide bonds. The van der Waals surface area contributed by atoms with Crippen molar-refractivity contribution in [2.24, 2.45) is 23.7 Å². The van der Waals surface area contributed by atoms with Crippen LogP contribution in [-0.4, -0.2) is 96.7 Å². The van der Waals surface area contributed by atoms with Crippen LogP contribution in [0, 0.1) is 23.7 Å². The smallest absolute Gasteiger partial charge is 0.462 e. The van der Waals surface area contributed by atoms with Gasteiger partial charge >= 0.3 is 39.5 Å². The fraction of sp³-hybridized carbons (Fsp3) is 0.958. The maximum atomic E-state index is 13.2. The Morgan fingerprint density at radius 2 is 0.421 bits per heavy atom. The lowest BCUT2D eigenvalue weighted by Gasteiger charge is -2.21. The topological polar surface area (TPSA) is 237 Å². The third-order valence-corrected chi connectivity index (χ3v) is 24.9. The molecule has 114 heavy (non-hydrogen) atoms. The molecule has 0 heterocycles. The fourth-order valence-electron chi connectivity index (χ4n) is 14.8. The van der Waals surface area contributed by atoms with E-state index in [9.17, 15) is 43.2 Å². The van der Waals surface area contributed by atoms with Crippen molar-refractivity contribution < 1.29 is 80.2 Å². The zero-order valence-electron chi connectivity index (χ0n) is 75.7. The quantitative estimate of drug-likeness (QED) is 0.0222. The zero-order chi connectivity index (χ0) is 83.7. The molecule has 3 N–H and O–H groups in total. The van der Waals surface area contributed by atoms with E-state index in [2.05, 4.69) is 55.4 Å². The number of unbranched alkanes of at least 4 members (excludes halogenated alkanes) is 56. The molecule has 0 aromatic heterocycles. The molecule has 0 saturated heterocycles. The first kappa shape index (κ1) is 112.